The van der Waals surface area contributed by atoms with Crippen molar-refractivity contribution in [3.8, 4) is 11.7 Å². The van der Waals surface area contributed by atoms with Crippen LogP contribution in [0.3, 0.4) is 0 Å². The second-order valence-corrected chi connectivity index (χ2v) is 3.42. The standard InChI is InChI=1S/C11H10ClNO2.ClH/c12-8-1-3-9(4-2-8)14-11-6-5-10(7-13)15-11;/h1-6H,7,13H2;1H. The number of halogens is 2. The van der Waals surface area contributed by atoms with Crippen LogP contribution in [0.25, 0.3) is 0 Å². The van der Waals surface area contributed by atoms with Gasteiger partial charge in [0.2, 0.25) is 0 Å². The van der Waals surface area contributed by atoms with Crippen LogP contribution in [-0.2, 0) is 6.54 Å². The van der Waals surface area contributed by atoms with Gasteiger partial charge < -0.3 is 14.9 Å². The lowest BCUT2D eigenvalue weighted by atomic mass is 10.3. The van der Waals surface area contributed by atoms with Crippen LogP contribution in [0.4, 0.5) is 0 Å². The van der Waals surface area contributed by atoms with Gasteiger partial charge in [0.25, 0.3) is 5.95 Å². The summed E-state index contributed by atoms with van der Waals surface area (Å²) in [5, 5.41) is 0.671. The van der Waals surface area contributed by atoms with Crippen LogP contribution in [0.5, 0.6) is 11.7 Å². The highest BCUT2D eigenvalue weighted by Crippen LogP contribution is 2.24. The van der Waals surface area contributed by atoms with Gasteiger partial charge in [0.15, 0.2) is 0 Å². The van der Waals surface area contributed by atoms with Gasteiger partial charge >= 0.3 is 0 Å². The summed E-state index contributed by atoms with van der Waals surface area (Å²) in [4.78, 5) is 0. The van der Waals surface area contributed by atoms with Gasteiger partial charge in [-0.05, 0) is 30.3 Å². The van der Waals surface area contributed by atoms with Gasteiger partial charge in [-0.15, -0.1) is 12.4 Å². The molecule has 2 N–H and O–H groups in total. The number of benzene rings is 1. The Morgan fingerprint density at radius 2 is 1.81 bits per heavy atom. The lowest BCUT2D eigenvalue weighted by molar-refractivity contribution is 0.333. The van der Waals surface area contributed by atoms with E-state index in [9.17, 15) is 0 Å². The van der Waals surface area contributed by atoms with Gasteiger partial charge in [-0.3, -0.25) is 0 Å². The van der Waals surface area contributed by atoms with E-state index in [4.69, 9.17) is 26.5 Å². The predicted octanol–water partition coefficient (Wildman–Crippen LogP) is 3.61. The fraction of sp³-hybridized carbons (Fsp3) is 0.0909. The average molecular weight is 260 g/mol. The topological polar surface area (TPSA) is 48.4 Å². The van der Waals surface area contributed by atoms with E-state index in [1.807, 2.05) is 0 Å². The number of furan rings is 1. The first-order chi connectivity index (χ1) is 7.28. The Hall–Kier alpha value is -1.16. The molecule has 0 unspecified atom stereocenters. The Morgan fingerprint density at radius 1 is 1.12 bits per heavy atom. The Labute approximate surface area is 105 Å². The summed E-state index contributed by atoms with van der Waals surface area (Å²) in [6.07, 6.45) is 0. The molecule has 0 aliphatic carbocycles. The third-order valence-corrected chi connectivity index (χ3v) is 2.12. The van der Waals surface area contributed by atoms with Crippen molar-refractivity contribution < 1.29 is 9.15 Å². The molecule has 2 aromatic rings. The minimum Gasteiger partial charge on any atom is -0.429 e. The third-order valence-electron chi connectivity index (χ3n) is 1.87. The summed E-state index contributed by atoms with van der Waals surface area (Å²) in [7, 11) is 0. The molecule has 3 nitrogen and oxygen atoms in total. The minimum absolute atomic E-state index is 0. The van der Waals surface area contributed by atoms with Gasteiger partial charge in [-0.2, -0.15) is 0 Å². The van der Waals surface area contributed by atoms with E-state index in [0.29, 0.717) is 29.0 Å². The van der Waals surface area contributed by atoms with Gasteiger partial charge in [-0.1, -0.05) is 11.6 Å². The van der Waals surface area contributed by atoms with E-state index >= 15 is 0 Å². The molecule has 2 rings (SSSR count). The van der Waals surface area contributed by atoms with Crippen molar-refractivity contribution in [2.24, 2.45) is 5.73 Å². The van der Waals surface area contributed by atoms with E-state index in [-0.39, 0.29) is 12.4 Å². The number of hydrogen-bond donors (Lipinski definition) is 1. The van der Waals surface area contributed by atoms with E-state index < -0.39 is 0 Å². The maximum Gasteiger partial charge on any atom is 0.290 e. The van der Waals surface area contributed by atoms with Crippen molar-refractivity contribution in [1.29, 1.82) is 0 Å². The third kappa shape index (κ3) is 3.17. The van der Waals surface area contributed by atoms with E-state index in [0.717, 1.165) is 0 Å². The largest absolute Gasteiger partial charge is 0.429 e. The van der Waals surface area contributed by atoms with Gasteiger partial charge in [0, 0.05) is 11.1 Å². The number of ether oxygens (including phenoxy) is 1. The van der Waals surface area contributed by atoms with Crippen molar-refractivity contribution in [1.82, 2.24) is 0 Å². The molecule has 86 valence electrons. The zero-order valence-corrected chi connectivity index (χ0v) is 9.92. The fourth-order valence-electron chi connectivity index (χ4n) is 1.14. The number of hydrogen-bond acceptors (Lipinski definition) is 3. The molecule has 0 radical (unpaired) electrons. The van der Waals surface area contributed by atoms with Gasteiger partial charge in [0.05, 0.1) is 6.54 Å². The molecular weight excluding hydrogens is 249 g/mol. The maximum atomic E-state index is 5.75. The molecule has 0 atom stereocenters. The summed E-state index contributed by atoms with van der Waals surface area (Å²) in [5.41, 5.74) is 5.41. The Kier molecular flexibility index (Phi) is 4.68. The predicted molar refractivity (Wildman–Crippen MR) is 65.4 cm³/mol. The van der Waals surface area contributed by atoms with Gasteiger partial charge in [0.1, 0.15) is 11.5 Å². The first-order valence-electron chi connectivity index (χ1n) is 4.50. The fourth-order valence-corrected chi connectivity index (χ4v) is 1.27. The summed E-state index contributed by atoms with van der Waals surface area (Å²) in [6.45, 7) is 0.365. The van der Waals surface area contributed by atoms with E-state index in [2.05, 4.69) is 0 Å². The molecule has 0 aliphatic rings. The molecule has 0 fully saturated rings. The molecule has 1 heterocycles. The summed E-state index contributed by atoms with van der Waals surface area (Å²) in [6, 6.07) is 10.6. The average Bonchev–Trinajstić information content (AvgIpc) is 2.69. The quantitative estimate of drug-likeness (QED) is 0.917. The second kappa shape index (κ2) is 5.80. The van der Waals surface area contributed by atoms with Crippen LogP contribution in [0.1, 0.15) is 5.76 Å². The molecule has 0 amide bonds. The van der Waals surface area contributed by atoms with Crippen molar-refractivity contribution in [3.05, 3.63) is 47.2 Å². The van der Waals surface area contributed by atoms with Crippen LogP contribution >= 0.6 is 24.0 Å². The zero-order chi connectivity index (χ0) is 10.7. The molecule has 0 spiro atoms. The molecule has 1 aromatic carbocycles. The first-order valence-corrected chi connectivity index (χ1v) is 4.88. The Bertz CT molecular complexity index is 440. The maximum absolute atomic E-state index is 5.75. The van der Waals surface area contributed by atoms with Crippen LogP contribution in [0.2, 0.25) is 5.02 Å². The highest BCUT2D eigenvalue weighted by molar-refractivity contribution is 6.30. The van der Waals surface area contributed by atoms with Crippen molar-refractivity contribution in [3.63, 3.8) is 0 Å². The lowest BCUT2D eigenvalue weighted by Crippen LogP contribution is -1.92. The SMILES string of the molecule is Cl.NCc1ccc(Oc2ccc(Cl)cc2)o1. The smallest absolute Gasteiger partial charge is 0.290 e. The van der Waals surface area contributed by atoms with Crippen LogP contribution in [-0.4, -0.2) is 0 Å². The molecule has 0 saturated heterocycles. The van der Waals surface area contributed by atoms with Gasteiger partial charge in [-0.25, -0.2) is 0 Å². The van der Waals surface area contributed by atoms with Crippen molar-refractivity contribution in [2.75, 3.05) is 0 Å². The normalized spacial score (nSPS) is 9.62. The van der Waals surface area contributed by atoms with Crippen LogP contribution < -0.4 is 10.5 Å². The molecule has 1 aromatic heterocycles. The highest BCUT2D eigenvalue weighted by atomic mass is 35.5. The first kappa shape index (κ1) is 12.9. The van der Waals surface area contributed by atoms with Crippen molar-refractivity contribution in [2.45, 2.75) is 6.54 Å². The molecule has 0 aliphatic heterocycles. The van der Waals surface area contributed by atoms with Crippen molar-refractivity contribution >= 4 is 24.0 Å². The zero-order valence-electron chi connectivity index (χ0n) is 8.35. The Morgan fingerprint density at radius 3 is 2.38 bits per heavy atom. The number of nitrogens with two attached hydrogens (primary N) is 1. The summed E-state index contributed by atoms with van der Waals surface area (Å²) < 4.78 is 10.7. The van der Waals surface area contributed by atoms with Crippen LogP contribution in [0, 0.1) is 0 Å². The number of rotatable bonds is 3. The second-order valence-electron chi connectivity index (χ2n) is 2.98. The molecule has 0 bridgehead atoms. The van der Waals surface area contributed by atoms with E-state index in [1.54, 1.807) is 36.4 Å². The van der Waals surface area contributed by atoms with E-state index in [1.165, 1.54) is 0 Å². The molecule has 16 heavy (non-hydrogen) atoms. The van der Waals surface area contributed by atoms with Crippen LogP contribution in [0.15, 0.2) is 40.8 Å². The highest BCUT2D eigenvalue weighted by Gasteiger charge is 2.02. The lowest BCUT2D eigenvalue weighted by Gasteiger charge is -2.01. The summed E-state index contributed by atoms with van der Waals surface area (Å²) in [5.74, 6) is 1.80. The molecular formula is C11H11Cl2NO2. The molecule has 5 heteroatoms. The molecule has 0 saturated carbocycles. The monoisotopic (exact) mass is 259 g/mol. The Balaban J connectivity index is 0.00000128. The minimum atomic E-state index is 0. The summed E-state index contributed by atoms with van der Waals surface area (Å²) >= 11 is 5.75.